The molecule has 1 saturated carbocycles. The number of aliphatic hydroxyl groups excluding tert-OH is 1. The highest BCUT2D eigenvalue weighted by Gasteiger charge is 2.41. The van der Waals surface area contributed by atoms with Crippen LogP contribution in [0.4, 0.5) is 0 Å². The summed E-state index contributed by atoms with van der Waals surface area (Å²) in [6.45, 7) is 1.43. The molecule has 0 saturated heterocycles. The van der Waals surface area contributed by atoms with E-state index in [0.717, 1.165) is 25.9 Å². The maximum Gasteiger partial charge on any atom is 0.0551 e. The van der Waals surface area contributed by atoms with Gasteiger partial charge in [0.25, 0.3) is 0 Å². The lowest BCUT2D eigenvalue weighted by molar-refractivity contribution is -0.0424. The molecule has 0 radical (unpaired) electrons. The summed E-state index contributed by atoms with van der Waals surface area (Å²) in [4.78, 5) is 0. The molecular formula is C8H17NO2. The highest BCUT2D eigenvalue weighted by Crippen LogP contribution is 2.42. The zero-order valence-corrected chi connectivity index (χ0v) is 7.05. The van der Waals surface area contributed by atoms with E-state index in [1.807, 2.05) is 0 Å². The summed E-state index contributed by atoms with van der Waals surface area (Å²) >= 11 is 0. The van der Waals surface area contributed by atoms with Gasteiger partial charge in [0.15, 0.2) is 0 Å². The molecule has 0 unspecified atom stereocenters. The fourth-order valence-electron chi connectivity index (χ4n) is 1.73. The Balaban J connectivity index is 2.26. The first-order chi connectivity index (χ1) is 5.22. The second-order valence-electron chi connectivity index (χ2n) is 3.51. The molecule has 0 aromatic rings. The van der Waals surface area contributed by atoms with E-state index in [4.69, 9.17) is 15.6 Å². The Morgan fingerprint density at radius 2 is 2.27 bits per heavy atom. The molecule has 0 heterocycles. The smallest absolute Gasteiger partial charge is 0.0551 e. The van der Waals surface area contributed by atoms with Crippen molar-refractivity contribution >= 4 is 0 Å². The number of hydrogen-bond acceptors (Lipinski definition) is 3. The minimum Gasteiger partial charge on any atom is -0.393 e. The molecule has 0 spiro atoms. The molecule has 3 nitrogen and oxygen atoms in total. The van der Waals surface area contributed by atoms with Gasteiger partial charge in [0, 0.05) is 13.7 Å². The summed E-state index contributed by atoms with van der Waals surface area (Å²) in [5.74, 6) is 0. The maximum atomic E-state index is 9.12. The Morgan fingerprint density at radius 1 is 1.64 bits per heavy atom. The Kier molecular flexibility index (Phi) is 2.87. The van der Waals surface area contributed by atoms with E-state index in [2.05, 4.69) is 0 Å². The van der Waals surface area contributed by atoms with Gasteiger partial charge in [-0.3, -0.25) is 0 Å². The van der Waals surface area contributed by atoms with E-state index >= 15 is 0 Å². The van der Waals surface area contributed by atoms with E-state index in [1.54, 1.807) is 7.11 Å². The molecule has 11 heavy (non-hydrogen) atoms. The Hall–Kier alpha value is -0.120. The number of methoxy groups -OCH3 is 1. The second kappa shape index (κ2) is 3.52. The SMILES string of the molecule is COCCC1(CN)CC(O)C1. The van der Waals surface area contributed by atoms with Crippen molar-refractivity contribution in [1.82, 2.24) is 0 Å². The van der Waals surface area contributed by atoms with Gasteiger partial charge < -0.3 is 15.6 Å². The van der Waals surface area contributed by atoms with E-state index in [-0.39, 0.29) is 11.5 Å². The maximum absolute atomic E-state index is 9.12. The molecule has 0 atom stereocenters. The van der Waals surface area contributed by atoms with Crippen LogP contribution >= 0.6 is 0 Å². The van der Waals surface area contributed by atoms with E-state index in [0.29, 0.717) is 6.54 Å². The van der Waals surface area contributed by atoms with E-state index in [9.17, 15) is 0 Å². The van der Waals surface area contributed by atoms with Crippen LogP contribution in [0, 0.1) is 5.41 Å². The quantitative estimate of drug-likeness (QED) is 0.612. The van der Waals surface area contributed by atoms with Gasteiger partial charge in [0.1, 0.15) is 0 Å². The van der Waals surface area contributed by atoms with Crippen LogP contribution < -0.4 is 5.73 Å². The lowest BCUT2D eigenvalue weighted by Gasteiger charge is -2.44. The van der Waals surface area contributed by atoms with Crippen molar-refractivity contribution in [2.24, 2.45) is 11.1 Å². The first-order valence-corrected chi connectivity index (χ1v) is 4.09. The number of aliphatic hydroxyl groups is 1. The third-order valence-corrected chi connectivity index (χ3v) is 2.61. The topological polar surface area (TPSA) is 55.5 Å². The van der Waals surface area contributed by atoms with Gasteiger partial charge in [0.05, 0.1) is 6.10 Å². The van der Waals surface area contributed by atoms with Crippen LogP contribution in [0.5, 0.6) is 0 Å². The van der Waals surface area contributed by atoms with Gasteiger partial charge in [-0.25, -0.2) is 0 Å². The molecular weight excluding hydrogens is 142 g/mol. The highest BCUT2D eigenvalue weighted by atomic mass is 16.5. The fourth-order valence-corrected chi connectivity index (χ4v) is 1.73. The van der Waals surface area contributed by atoms with Gasteiger partial charge in [-0.15, -0.1) is 0 Å². The van der Waals surface area contributed by atoms with Crippen LogP contribution in [0.3, 0.4) is 0 Å². The molecule has 0 bridgehead atoms. The van der Waals surface area contributed by atoms with Crippen LogP contribution in [0.1, 0.15) is 19.3 Å². The molecule has 0 aromatic carbocycles. The molecule has 3 N–H and O–H groups in total. The van der Waals surface area contributed by atoms with Crippen molar-refractivity contribution in [2.45, 2.75) is 25.4 Å². The summed E-state index contributed by atoms with van der Waals surface area (Å²) < 4.78 is 4.97. The van der Waals surface area contributed by atoms with Crippen molar-refractivity contribution < 1.29 is 9.84 Å². The summed E-state index contributed by atoms with van der Waals surface area (Å²) in [6.07, 6.45) is 2.58. The van der Waals surface area contributed by atoms with Crippen molar-refractivity contribution in [2.75, 3.05) is 20.3 Å². The molecule has 1 rings (SSSR count). The van der Waals surface area contributed by atoms with Gasteiger partial charge in [-0.2, -0.15) is 0 Å². The molecule has 0 amide bonds. The zero-order valence-electron chi connectivity index (χ0n) is 7.05. The summed E-state index contributed by atoms with van der Waals surface area (Å²) in [5, 5.41) is 9.12. The number of hydrogen-bond donors (Lipinski definition) is 2. The van der Waals surface area contributed by atoms with Gasteiger partial charge in [0.2, 0.25) is 0 Å². The van der Waals surface area contributed by atoms with E-state index in [1.165, 1.54) is 0 Å². The highest BCUT2D eigenvalue weighted by molar-refractivity contribution is 4.94. The first kappa shape index (κ1) is 8.97. The first-order valence-electron chi connectivity index (χ1n) is 4.09. The van der Waals surface area contributed by atoms with Crippen LogP contribution in [-0.2, 0) is 4.74 Å². The Labute approximate surface area is 67.5 Å². The molecule has 1 aliphatic rings. The monoisotopic (exact) mass is 159 g/mol. The summed E-state index contributed by atoms with van der Waals surface area (Å²) in [5.41, 5.74) is 5.80. The van der Waals surface area contributed by atoms with Crippen LogP contribution in [-0.4, -0.2) is 31.5 Å². The Bertz CT molecular complexity index is 121. The minimum absolute atomic E-state index is 0.115. The summed E-state index contributed by atoms with van der Waals surface area (Å²) in [6, 6.07) is 0. The third-order valence-electron chi connectivity index (χ3n) is 2.61. The van der Waals surface area contributed by atoms with Crippen molar-refractivity contribution in [3.63, 3.8) is 0 Å². The van der Waals surface area contributed by atoms with Crippen LogP contribution in [0.25, 0.3) is 0 Å². The largest absolute Gasteiger partial charge is 0.393 e. The molecule has 0 aliphatic heterocycles. The molecule has 1 fully saturated rings. The molecule has 1 aliphatic carbocycles. The number of rotatable bonds is 4. The molecule has 66 valence electrons. The summed E-state index contributed by atoms with van der Waals surface area (Å²) in [7, 11) is 1.69. The second-order valence-corrected chi connectivity index (χ2v) is 3.51. The standard InChI is InChI=1S/C8H17NO2/c1-11-3-2-8(6-9)4-7(10)5-8/h7,10H,2-6,9H2,1H3. The van der Waals surface area contributed by atoms with Gasteiger partial charge in [-0.05, 0) is 31.2 Å². The normalized spacial score (nSPS) is 36.8. The van der Waals surface area contributed by atoms with Crippen molar-refractivity contribution in [3.8, 4) is 0 Å². The average Bonchev–Trinajstić information content (AvgIpc) is 1.96. The van der Waals surface area contributed by atoms with Crippen LogP contribution in [0.15, 0.2) is 0 Å². The molecule has 3 heteroatoms. The van der Waals surface area contributed by atoms with E-state index < -0.39 is 0 Å². The fraction of sp³-hybridized carbons (Fsp3) is 1.00. The third kappa shape index (κ3) is 1.92. The number of nitrogens with two attached hydrogens (primary N) is 1. The predicted molar refractivity (Wildman–Crippen MR) is 43.2 cm³/mol. The van der Waals surface area contributed by atoms with Crippen molar-refractivity contribution in [3.05, 3.63) is 0 Å². The Morgan fingerprint density at radius 3 is 2.64 bits per heavy atom. The average molecular weight is 159 g/mol. The lowest BCUT2D eigenvalue weighted by atomic mass is 9.65. The van der Waals surface area contributed by atoms with Gasteiger partial charge in [-0.1, -0.05) is 0 Å². The molecule has 0 aromatic heterocycles. The van der Waals surface area contributed by atoms with Gasteiger partial charge >= 0.3 is 0 Å². The minimum atomic E-state index is -0.115. The zero-order chi connectivity index (χ0) is 8.32. The van der Waals surface area contributed by atoms with Crippen molar-refractivity contribution in [1.29, 1.82) is 0 Å². The predicted octanol–water partition coefficient (Wildman–Crippen LogP) is 0.123. The van der Waals surface area contributed by atoms with Crippen LogP contribution in [0.2, 0.25) is 0 Å². The lowest BCUT2D eigenvalue weighted by Crippen LogP contribution is -2.46. The number of ether oxygens (including phenoxy) is 1.